The van der Waals surface area contributed by atoms with Crippen LogP contribution in [0.5, 0.6) is 0 Å². The molecule has 0 unspecified atom stereocenters. The highest BCUT2D eigenvalue weighted by Crippen LogP contribution is 2.04. The molecular formula is C10H15IN2O. The summed E-state index contributed by atoms with van der Waals surface area (Å²) in [6.07, 6.45) is 5.41. The molecule has 1 rings (SSSR count). The second-order valence-corrected chi connectivity index (χ2v) is 4.94. The Morgan fingerprint density at radius 1 is 1.57 bits per heavy atom. The van der Waals surface area contributed by atoms with Crippen LogP contribution in [-0.4, -0.2) is 9.55 Å². The summed E-state index contributed by atoms with van der Waals surface area (Å²) in [4.78, 5) is 15.6. The van der Waals surface area contributed by atoms with Crippen molar-refractivity contribution in [3.63, 3.8) is 0 Å². The van der Waals surface area contributed by atoms with Crippen molar-refractivity contribution in [1.82, 2.24) is 9.55 Å². The van der Waals surface area contributed by atoms with Gasteiger partial charge in [0, 0.05) is 12.7 Å². The molecule has 3 nitrogen and oxygen atoms in total. The first-order valence-electron chi connectivity index (χ1n) is 4.81. The summed E-state index contributed by atoms with van der Waals surface area (Å²) in [6.45, 7) is 5.16. The zero-order chi connectivity index (χ0) is 10.6. The lowest BCUT2D eigenvalue weighted by atomic mass is 10.1. The zero-order valence-corrected chi connectivity index (χ0v) is 10.7. The van der Waals surface area contributed by atoms with Gasteiger partial charge >= 0.3 is 0 Å². The molecule has 0 atom stereocenters. The third kappa shape index (κ3) is 3.40. The smallest absolute Gasteiger partial charge is 0.266 e. The van der Waals surface area contributed by atoms with Gasteiger partial charge in [-0.25, -0.2) is 4.98 Å². The van der Waals surface area contributed by atoms with Crippen LogP contribution in [0.1, 0.15) is 26.7 Å². The molecule has 0 aromatic carbocycles. The van der Waals surface area contributed by atoms with Crippen molar-refractivity contribution < 1.29 is 0 Å². The first kappa shape index (κ1) is 11.7. The zero-order valence-electron chi connectivity index (χ0n) is 8.53. The van der Waals surface area contributed by atoms with E-state index in [0.717, 1.165) is 19.4 Å². The molecule has 0 saturated heterocycles. The fourth-order valence-electron chi connectivity index (χ4n) is 1.25. The van der Waals surface area contributed by atoms with Gasteiger partial charge in [0.15, 0.2) is 0 Å². The molecule has 0 saturated carbocycles. The Balaban J connectivity index is 2.59. The van der Waals surface area contributed by atoms with E-state index in [2.05, 4.69) is 18.8 Å². The first-order chi connectivity index (χ1) is 6.61. The van der Waals surface area contributed by atoms with Gasteiger partial charge in [-0.2, -0.15) is 0 Å². The largest absolute Gasteiger partial charge is 0.298 e. The molecule has 0 fully saturated rings. The van der Waals surface area contributed by atoms with Gasteiger partial charge in [-0.05, 0) is 41.4 Å². The van der Waals surface area contributed by atoms with Gasteiger partial charge in [0.1, 0.15) is 0 Å². The molecule has 78 valence electrons. The molecular weight excluding hydrogens is 291 g/mol. The molecule has 0 aliphatic rings. The lowest BCUT2D eigenvalue weighted by molar-refractivity contribution is 0.502. The fourth-order valence-corrected chi connectivity index (χ4v) is 1.72. The molecule has 0 bridgehead atoms. The summed E-state index contributed by atoms with van der Waals surface area (Å²) in [5.74, 6) is 0.696. The Morgan fingerprint density at radius 2 is 2.29 bits per heavy atom. The highest BCUT2D eigenvalue weighted by molar-refractivity contribution is 14.1. The van der Waals surface area contributed by atoms with E-state index in [4.69, 9.17) is 0 Å². The minimum absolute atomic E-state index is 0.0735. The summed E-state index contributed by atoms with van der Waals surface area (Å²) in [5.41, 5.74) is 0.0735. The van der Waals surface area contributed by atoms with Gasteiger partial charge in [0.2, 0.25) is 0 Å². The lowest BCUT2D eigenvalue weighted by Crippen LogP contribution is -2.22. The maximum atomic E-state index is 11.6. The van der Waals surface area contributed by atoms with E-state index in [0.29, 0.717) is 9.49 Å². The van der Waals surface area contributed by atoms with Crippen LogP contribution < -0.4 is 5.56 Å². The van der Waals surface area contributed by atoms with Crippen molar-refractivity contribution in [2.75, 3.05) is 0 Å². The van der Waals surface area contributed by atoms with Crippen LogP contribution >= 0.6 is 22.6 Å². The number of hydrogen-bond acceptors (Lipinski definition) is 2. The number of hydrogen-bond donors (Lipinski definition) is 0. The predicted molar refractivity (Wildman–Crippen MR) is 65.3 cm³/mol. The van der Waals surface area contributed by atoms with Crippen molar-refractivity contribution in [2.45, 2.75) is 33.2 Å². The van der Waals surface area contributed by atoms with Crippen LogP contribution in [0, 0.1) is 9.49 Å². The third-order valence-corrected chi connectivity index (χ3v) is 2.78. The molecule has 0 N–H and O–H groups in total. The lowest BCUT2D eigenvalue weighted by Gasteiger charge is -2.06. The van der Waals surface area contributed by atoms with E-state index in [9.17, 15) is 4.79 Å². The monoisotopic (exact) mass is 306 g/mol. The third-order valence-electron chi connectivity index (χ3n) is 2.04. The SMILES string of the molecule is CC(C)CCCn1cncc(I)c1=O. The molecule has 4 heteroatoms. The van der Waals surface area contributed by atoms with Crippen LogP contribution in [0.2, 0.25) is 0 Å². The molecule has 0 aliphatic heterocycles. The second-order valence-electron chi connectivity index (χ2n) is 3.78. The van der Waals surface area contributed by atoms with Gasteiger partial charge in [-0.3, -0.25) is 9.36 Å². The van der Waals surface area contributed by atoms with Crippen LogP contribution in [-0.2, 0) is 6.54 Å². The molecule has 1 heterocycles. The van der Waals surface area contributed by atoms with E-state index in [1.54, 1.807) is 17.1 Å². The van der Waals surface area contributed by atoms with Crippen LogP contribution in [0.4, 0.5) is 0 Å². The average molecular weight is 306 g/mol. The van der Waals surface area contributed by atoms with E-state index in [1.807, 2.05) is 22.6 Å². The minimum Gasteiger partial charge on any atom is -0.298 e. The van der Waals surface area contributed by atoms with Crippen molar-refractivity contribution in [3.05, 3.63) is 26.4 Å². The molecule has 14 heavy (non-hydrogen) atoms. The number of aryl methyl sites for hydroxylation is 1. The van der Waals surface area contributed by atoms with Gasteiger partial charge in [-0.1, -0.05) is 13.8 Å². The van der Waals surface area contributed by atoms with E-state index in [-0.39, 0.29) is 5.56 Å². The van der Waals surface area contributed by atoms with Crippen molar-refractivity contribution in [3.8, 4) is 0 Å². The highest BCUT2D eigenvalue weighted by atomic mass is 127. The number of halogens is 1. The summed E-state index contributed by atoms with van der Waals surface area (Å²) >= 11 is 2.02. The van der Waals surface area contributed by atoms with Crippen LogP contribution in [0.25, 0.3) is 0 Å². The Morgan fingerprint density at radius 3 is 2.93 bits per heavy atom. The van der Waals surface area contributed by atoms with Crippen molar-refractivity contribution in [1.29, 1.82) is 0 Å². The molecule has 0 radical (unpaired) electrons. The Bertz CT molecular complexity index is 346. The van der Waals surface area contributed by atoms with Crippen molar-refractivity contribution >= 4 is 22.6 Å². The molecule has 1 aromatic heterocycles. The summed E-state index contributed by atoms with van der Waals surface area (Å²) in [5, 5.41) is 0. The normalized spacial score (nSPS) is 10.9. The van der Waals surface area contributed by atoms with Gasteiger partial charge < -0.3 is 0 Å². The molecule has 1 aromatic rings. The minimum atomic E-state index is 0.0735. The predicted octanol–water partition coefficient (Wildman–Crippen LogP) is 2.28. The summed E-state index contributed by atoms with van der Waals surface area (Å²) in [6, 6.07) is 0. The fraction of sp³-hybridized carbons (Fsp3) is 0.600. The summed E-state index contributed by atoms with van der Waals surface area (Å²) in [7, 11) is 0. The number of nitrogens with zero attached hydrogens (tertiary/aromatic N) is 2. The van der Waals surface area contributed by atoms with E-state index < -0.39 is 0 Å². The molecule has 0 spiro atoms. The Labute approximate surface area is 97.7 Å². The molecule has 0 aliphatic carbocycles. The second kappa shape index (κ2) is 5.48. The highest BCUT2D eigenvalue weighted by Gasteiger charge is 2.00. The number of aromatic nitrogens is 2. The van der Waals surface area contributed by atoms with Crippen LogP contribution in [0.3, 0.4) is 0 Å². The maximum Gasteiger partial charge on any atom is 0.266 e. The first-order valence-corrected chi connectivity index (χ1v) is 5.89. The quantitative estimate of drug-likeness (QED) is 0.800. The standard InChI is InChI=1S/C10H15IN2O/c1-8(2)4-3-5-13-7-12-6-9(11)10(13)14/h6-8H,3-5H2,1-2H3. The Hall–Kier alpha value is -0.390. The van der Waals surface area contributed by atoms with Gasteiger partial charge in [0.25, 0.3) is 5.56 Å². The Kier molecular flexibility index (Phi) is 4.57. The average Bonchev–Trinajstić information content (AvgIpc) is 2.12. The topological polar surface area (TPSA) is 34.9 Å². The van der Waals surface area contributed by atoms with Gasteiger partial charge in [0.05, 0.1) is 9.90 Å². The molecule has 0 amide bonds. The van der Waals surface area contributed by atoms with Crippen molar-refractivity contribution in [2.24, 2.45) is 5.92 Å². The number of rotatable bonds is 4. The van der Waals surface area contributed by atoms with E-state index in [1.165, 1.54) is 0 Å². The maximum absolute atomic E-state index is 11.6. The van der Waals surface area contributed by atoms with Gasteiger partial charge in [-0.15, -0.1) is 0 Å². The van der Waals surface area contributed by atoms with Crippen LogP contribution in [0.15, 0.2) is 17.3 Å². The summed E-state index contributed by atoms with van der Waals surface area (Å²) < 4.78 is 2.37. The van der Waals surface area contributed by atoms with E-state index >= 15 is 0 Å².